The van der Waals surface area contributed by atoms with Gasteiger partial charge < -0.3 is 10.6 Å². The van der Waals surface area contributed by atoms with Gasteiger partial charge in [0, 0.05) is 5.02 Å². The molecule has 0 spiro atoms. The second kappa shape index (κ2) is 7.88. The number of nitrogens with one attached hydrogen (secondary N) is 4. The average molecular weight is 387 g/mol. The number of anilines is 1. The van der Waals surface area contributed by atoms with Crippen LogP contribution in [-0.2, 0) is 16.0 Å². The number of halogens is 1. The van der Waals surface area contributed by atoms with Crippen molar-refractivity contribution in [3.05, 3.63) is 73.8 Å². The molecule has 2 aromatic carbocycles. The minimum atomic E-state index is -0.537. The fraction of sp³-hybridized carbons (Fsp3) is 0.111. The number of carbonyl (C=O) groups is 2. The van der Waals surface area contributed by atoms with Crippen molar-refractivity contribution in [2.75, 3.05) is 11.9 Å². The lowest BCUT2D eigenvalue weighted by atomic mass is 10.1. The summed E-state index contributed by atoms with van der Waals surface area (Å²) in [6.07, 6.45) is 0.0805. The van der Waals surface area contributed by atoms with Crippen molar-refractivity contribution in [2.24, 2.45) is 0 Å². The molecule has 27 heavy (non-hydrogen) atoms. The van der Waals surface area contributed by atoms with Gasteiger partial charge in [-0.1, -0.05) is 29.8 Å². The summed E-state index contributed by atoms with van der Waals surface area (Å²) in [6.45, 7) is -0.281. The highest BCUT2D eigenvalue weighted by atomic mass is 35.5. The van der Waals surface area contributed by atoms with E-state index < -0.39 is 17.0 Å². The molecule has 0 saturated carbocycles. The van der Waals surface area contributed by atoms with Gasteiger partial charge in [0.15, 0.2) is 0 Å². The van der Waals surface area contributed by atoms with Crippen LogP contribution in [0.2, 0.25) is 5.02 Å². The standard InChI is InChI=1S/C18H15ClN4O4/c19-11-4-1-3-10(7-11)8-14(24)20-9-15(25)21-13-6-2-5-12-16(13)18(27)23-22-17(12)26/h1-7H,8-9H2,(H,20,24)(H,21,25)(H,22,26)(H,23,27). The van der Waals surface area contributed by atoms with Gasteiger partial charge in [-0.15, -0.1) is 0 Å². The average Bonchev–Trinajstić information content (AvgIpc) is 2.63. The first-order chi connectivity index (χ1) is 12.9. The fourth-order valence-electron chi connectivity index (χ4n) is 2.60. The second-order valence-electron chi connectivity index (χ2n) is 5.77. The highest BCUT2D eigenvalue weighted by Crippen LogP contribution is 2.16. The normalized spacial score (nSPS) is 10.6. The third-order valence-electron chi connectivity index (χ3n) is 3.80. The molecule has 0 saturated heterocycles. The summed E-state index contributed by atoms with van der Waals surface area (Å²) in [4.78, 5) is 47.8. The highest BCUT2D eigenvalue weighted by Gasteiger charge is 2.12. The first-order valence-electron chi connectivity index (χ1n) is 7.99. The van der Waals surface area contributed by atoms with Crippen molar-refractivity contribution < 1.29 is 9.59 Å². The van der Waals surface area contributed by atoms with Crippen molar-refractivity contribution in [2.45, 2.75) is 6.42 Å². The molecule has 0 aliphatic heterocycles. The Hall–Kier alpha value is -3.39. The smallest absolute Gasteiger partial charge is 0.272 e. The molecule has 1 heterocycles. The van der Waals surface area contributed by atoms with E-state index in [9.17, 15) is 19.2 Å². The quantitative estimate of drug-likeness (QED) is 0.525. The van der Waals surface area contributed by atoms with Gasteiger partial charge >= 0.3 is 0 Å². The zero-order chi connectivity index (χ0) is 19.4. The van der Waals surface area contributed by atoms with E-state index in [2.05, 4.69) is 20.8 Å². The molecule has 8 nitrogen and oxygen atoms in total. The van der Waals surface area contributed by atoms with Gasteiger partial charge in [0.25, 0.3) is 11.1 Å². The molecule has 2 amide bonds. The van der Waals surface area contributed by atoms with Crippen LogP contribution in [0.15, 0.2) is 52.1 Å². The number of benzene rings is 2. The third-order valence-corrected chi connectivity index (χ3v) is 4.03. The van der Waals surface area contributed by atoms with Crippen molar-refractivity contribution in [3.63, 3.8) is 0 Å². The van der Waals surface area contributed by atoms with Gasteiger partial charge in [0.1, 0.15) is 0 Å². The Morgan fingerprint density at radius 3 is 2.48 bits per heavy atom. The molecular weight excluding hydrogens is 372 g/mol. The molecule has 3 rings (SSSR count). The number of hydrogen-bond acceptors (Lipinski definition) is 4. The highest BCUT2D eigenvalue weighted by molar-refractivity contribution is 6.30. The van der Waals surface area contributed by atoms with Crippen LogP contribution in [0.3, 0.4) is 0 Å². The molecule has 3 aromatic rings. The van der Waals surface area contributed by atoms with E-state index in [4.69, 9.17) is 11.6 Å². The molecule has 0 aliphatic carbocycles. The van der Waals surface area contributed by atoms with E-state index in [0.29, 0.717) is 5.02 Å². The summed E-state index contributed by atoms with van der Waals surface area (Å²) in [7, 11) is 0. The molecule has 0 unspecified atom stereocenters. The Morgan fingerprint density at radius 1 is 0.963 bits per heavy atom. The maximum atomic E-state index is 12.1. The molecule has 138 valence electrons. The number of amides is 2. The molecule has 0 atom stereocenters. The van der Waals surface area contributed by atoms with E-state index in [-0.39, 0.29) is 35.3 Å². The number of carbonyl (C=O) groups excluding carboxylic acids is 2. The molecule has 0 radical (unpaired) electrons. The van der Waals surface area contributed by atoms with E-state index in [1.807, 2.05) is 0 Å². The van der Waals surface area contributed by atoms with E-state index in [1.54, 1.807) is 30.3 Å². The Bertz CT molecular complexity index is 1140. The minimum absolute atomic E-state index is 0.0693. The van der Waals surface area contributed by atoms with Gasteiger partial charge in [0.05, 0.1) is 29.4 Å². The maximum absolute atomic E-state index is 12.1. The topological polar surface area (TPSA) is 124 Å². The van der Waals surface area contributed by atoms with E-state index in [0.717, 1.165) is 5.56 Å². The van der Waals surface area contributed by atoms with Crippen LogP contribution in [0, 0.1) is 0 Å². The minimum Gasteiger partial charge on any atom is -0.347 e. The first-order valence-corrected chi connectivity index (χ1v) is 8.36. The van der Waals surface area contributed by atoms with Gasteiger partial charge in [0.2, 0.25) is 11.8 Å². The molecule has 1 aromatic heterocycles. The van der Waals surface area contributed by atoms with Crippen LogP contribution in [0.5, 0.6) is 0 Å². The second-order valence-corrected chi connectivity index (χ2v) is 6.20. The van der Waals surface area contributed by atoms with Crippen LogP contribution in [0.4, 0.5) is 5.69 Å². The summed E-state index contributed by atoms with van der Waals surface area (Å²) >= 11 is 5.87. The number of fused-ring (bicyclic) bond motifs is 1. The largest absolute Gasteiger partial charge is 0.347 e. The van der Waals surface area contributed by atoms with Crippen molar-refractivity contribution in [1.29, 1.82) is 0 Å². The third kappa shape index (κ3) is 4.42. The van der Waals surface area contributed by atoms with Crippen molar-refractivity contribution >= 4 is 39.9 Å². The Kier molecular flexibility index (Phi) is 5.37. The lowest BCUT2D eigenvalue weighted by molar-refractivity contribution is -0.123. The van der Waals surface area contributed by atoms with Crippen LogP contribution in [0.25, 0.3) is 10.8 Å². The lowest BCUT2D eigenvalue weighted by Gasteiger charge is -2.09. The van der Waals surface area contributed by atoms with Crippen LogP contribution < -0.4 is 21.8 Å². The number of aromatic nitrogens is 2. The molecule has 0 fully saturated rings. The summed E-state index contributed by atoms with van der Waals surface area (Å²) in [5.41, 5.74) is -0.102. The van der Waals surface area contributed by atoms with Crippen molar-refractivity contribution in [1.82, 2.24) is 15.5 Å². The Balaban J connectivity index is 1.66. The van der Waals surface area contributed by atoms with Gasteiger partial charge in [-0.25, -0.2) is 0 Å². The Labute approximate surface area is 157 Å². The summed E-state index contributed by atoms with van der Waals surface area (Å²) < 4.78 is 0. The lowest BCUT2D eigenvalue weighted by Crippen LogP contribution is -2.34. The van der Waals surface area contributed by atoms with Gasteiger partial charge in [-0.3, -0.25) is 29.4 Å². The van der Waals surface area contributed by atoms with Crippen LogP contribution in [0.1, 0.15) is 5.56 Å². The maximum Gasteiger partial charge on any atom is 0.272 e. The zero-order valence-electron chi connectivity index (χ0n) is 14.0. The van der Waals surface area contributed by atoms with E-state index in [1.165, 1.54) is 12.1 Å². The molecule has 4 N–H and O–H groups in total. The molecular formula is C18H15ClN4O4. The summed E-state index contributed by atoms with van der Waals surface area (Å²) in [5.74, 6) is -0.874. The number of rotatable bonds is 5. The predicted octanol–water partition coefficient (Wildman–Crippen LogP) is 1.17. The zero-order valence-corrected chi connectivity index (χ0v) is 14.7. The number of aromatic amines is 2. The van der Waals surface area contributed by atoms with E-state index >= 15 is 0 Å². The predicted molar refractivity (Wildman–Crippen MR) is 102 cm³/mol. The van der Waals surface area contributed by atoms with Crippen molar-refractivity contribution in [3.8, 4) is 0 Å². The molecule has 9 heteroatoms. The molecule has 0 aliphatic rings. The Morgan fingerprint density at radius 2 is 1.70 bits per heavy atom. The number of hydrogen-bond donors (Lipinski definition) is 4. The van der Waals surface area contributed by atoms with Crippen LogP contribution >= 0.6 is 11.6 Å². The SMILES string of the molecule is O=C(Cc1cccc(Cl)c1)NCC(=O)Nc1cccc2c(=O)[nH][nH]c(=O)c12. The van der Waals surface area contributed by atoms with Gasteiger partial charge in [-0.2, -0.15) is 0 Å². The summed E-state index contributed by atoms with van der Waals surface area (Å²) in [6, 6.07) is 11.4. The molecule has 0 bridgehead atoms. The fourth-order valence-corrected chi connectivity index (χ4v) is 2.81. The van der Waals surface area contributed by atoms with Gasteiger partial charge in [-0.05, 0) is 29.8 Å². The summed E-state index contributed by atoms with van der Waals surface area (Å²) in [5, 5.41) is 10.2. The number of H-pyrrole nitrogens is 2. The van der Waals surface area contributed by atoms with Crippen LogP contribution in [-0.4, -0.2) is 28.6 Å². The monoisotopic (exact) mass is 386 g/mol. The first kappa shape index (κ1) is 18.4.